The van der Waals surface area contributed by atoms with E-state index >= 15 is 0 Å². The number of nitrogens with zero attached hydrogens (tertiary/aromatic N) is 3. The van der Waals surface area contributed by atoms with Crippen molar-refractivity contribution in [3.05, 3.63) is 29.6 Å². The second kappa shape index (κ2) is 6.52. The molecule has 0 amide bonds. The second-order valence-corrected chi connectivity index (χ2v) is 4.81. The minimum absolute atomic E-state index is 0.162. The highest BCUT2D eigenvalue weighted by molar-refractivity contribution is 5.62. The summed E-state index contributed by atoms with van der Waals surface area (Å²) in [7, 11) is 0. The van der Waals surface area contributed by atoms with Crippen molar-refractivity contribution in [3.8, 4) is 17.2 Å². The summed E-state index contributed by atoms with van der Waals surface area (Å²) in [6.07, 6.45) is 0.748. The third-order valence-corrected chi connectivity index (χ3v) is 3.40. The van der Waals surface area contributed by atoms with Gasteiger partial charge >= 0.3 is 0 Å². The molecular formula is C15H21N3O2. The molecule has 1 heterocycles. The van der Waals surface area contributed by atoms with Gasteiger partial charge < -0.3 is 14.5 Å². The molecule has 0 aliphatic rings. The molecule has 108 valence electrons. The molecule has 0 atom stereocenters. The number of phenolic OH excluding ortho intramolecular Hbond substituents is 1. The lowest BCUT2D eigenvalue weighted by Crippen LogP contribution is -2.25. The molecule has 0 saturated heterocycles. The van der Waals surface area contributed by atoms with Crippen LogP contribution >= 0.6 is 0 Å². The molecule has 20 heavy (non-hydrogen) atoms. The van der Waals surface area contributed by atoms with E-state index in [4.69, 9.17) is 4.52 Å². The first-order valence-electron chi connectivity index (χ1n) is 6.99. The maximum absolute atomic E-state index is 9.86. The quantitative estimate of drug-likeness (QED) is 0.878. The van der Waals surface area contributed by atoms with Gasteiger partial charge in [-0.2, -0.15) is 4.98 Å². The van der Waals surface area contributed by atoms with Crippen LogP contribution in [0.4, 0.5) is 0 Å². The summed E-state index contributed by atoms with van der Waals surface area (Å²) in [6.45, 7) is 9.16. The molecule has 2 rings (SSSR count). The van der Waals surface area contributed by atoms with Crippen LogP contribution < -0.4 is 0 Å². The van der Waals surface area contributed by atoms with Gasteiger partial charge in [-0.25, -0.2) is 0 Å². The van der Waals surface area contributed by atoms with Crippen molar-refractivity contribution < 1.29 is 9.63 Å². The number of aromatic nitrogens is 2. The first-order valence-corrected chi connectivity index (χ1v) is 6.99. The monoisotopic (exact) mass is 275 g/mol. The molecule has 0 saturated carbocycles. The van der Waals surface area contributed by atoms with E-state index in [-0.39, 0.29) is 5.75 Å². The molecular weight excluding hydrogens is 254 g/mol. The van der Waals surface area contributed by atoms with Crippen molar-refractivity contribution >= 4 is 0 Å². The van der Waals surface area contributed by atoms with Crippen molar-refractivity contribution in [2.24, 2.45) is 0 Å². The van der Waals surface area contributed by atoms with Gasteiger partial charge in [-0.15, -0.1) is 0 Å². The maximum atomic E-state index is 9.86. The normalized spacial score (nSPS) is 11.2. The molecule has 0 spiro atoms. The molecule has 0 bridgehead atoms. The fourth-order valence-corrected chi connectivity index (χ4v) is 2.08. The lowest BCUT2D eigenvalue weighted by Gasteiger charge is -2.16. The number of likely N-dealkylation sites (N-methyl/N-ethyl adjacent to an activating group) is 1. The first-order chi connectivity index (χ1) is 9.63. The topological polar surface area (TPSA) is 62.4 Å². The van der Waals surface area contributed by atoms with Crippen molar-refractivity contribution in [3.63, 3.8) is 0 Å². The van der Waals surface area contributed by atoms with Crippen LogP contribution in [0.5, 0.6) is 5.75 Å². The number of benzene rings is 1. The number of aryl methyl sites for hydroxylation is 1. The average Bonchev–Trinajstić information content (AvgIpc) is 2.91. The molecule has 1 aromatic carbocycles. The summed E-state index contributed by atoms with van der Waals surface area (Å²) < 4.78 is 5.25. The molecule has 2 aromatic rings. The Labute approximate surface area is 119 Å². The van der Waals surface area contributed by atoms with Gasteiger partial charge in [-0.05, 0) is 32.1 Å². The van der Waals surface area contributed by atoms with E-state index < -0.39 is 0 Å². The first kappa shape index (κ1) is 14.5. The van der Waals surface area contributed by atoms with Crippen molar-refractivity contribution in [2.75, 3.05) is 19.6 Å². The summed E-state index contributed by atoms with van der Waals surface area (Å²) in [5, 5.41) is 13.8. The van der Waals surface area contributed by atoms with Crippen molar-refractivity contribution in [1.82, 2.24) is 15.0 Å². The van der Waals surface area contributed by atoms with Gasteiger partial charge in [0.2, 0.25) is 0 Å². The molecule has 1 aromatic heterocycles. The van der Waals surface area contributed by atoms with Gasteiger partial charge in [-0.3, -0.25) is 0 Å². The Kier molecular flexibility index (Phi) is 4.74. The zero-order chi connectivity index (χ0) is 14.5. The Bertz CT molecular complexity index is 562. The van der Waals surface area contributed by atoms with E-state index in [9.17, 15) is 5.11 Å². The summed E-state index contributed by atoms with van der Waals surface area (Å²) in [4.78, 5) is 6.66. The van der Waals surface area contributed by atoms with Gasteiger partial charge in [-0.1, -0.05) is 30.6 Å². The molecule has 0 aliphatic carbocycles. The van der Waals surface area contributed by atoms with Crippen LogP contribution in [0.15, 0.2) is 22.7 Å². The van der Waals surface area contributed by atoms with Crippen molar-refractivity contribution in [2.45, 2.75) is 27.2 Å². The standard InChI is InChI=1S/C15H21N3O2/c1-4-18(5-2)9-8-14-16-15(20-17-14)12-10-11(3)6-7-13(12)19/h6-7,10,19H,4-5,8-9H2,1-3H3. The Balaban J connectivity index is 2.10. The van der Waals surface area contributed by atoms with Crippen LogP contribution in [0.25, 0.3) is 11.5 Å². The van der Waals surface area contributed by atoms with Gasteiger partial charge in [0, 0.05) is 13.0 Å². The lowest BCUT2D eigenvalue weighted by molar-refractivity contribution is 0.303. The Morgan fingerprint density at radius 2 is 2.00 bits per heavy atom. The van der Waals surface area contributed by atoms with Crippen molar-refractivity contribution in [1.29, 1.82) is 0 Å². The van der Waals surface area contributed by atoms with E-state index in [0.717, 1.165) is 31.6 Å². The van der Waals surface area contributed by atoms with E-state index in [1.807, 2.05) is 19.1 Å². The highest BCUT2D eigenvalue weighted by Gasteiger charge is 2.13. The predicted octanol–water partition coefficient (Wildman–Crippen LogP) is 2.63. The Morgan fingerprint density at radius 3 is 2.70 bits per heavy atom. The van der Waals surface area contributed by atoms with Crippen LogP contribution in [0.3, 0.4) is 0 Å². The summed E-state index contributed by atoms with van der Waals surface area (Å²) in [5.74, 6) is 1.21. The number of rotatable bonds is 6. The highest BCUT2D eigenvalue weighted by atomic mass is 16.5. The van der Waals surface area contributed by atoms with Gasteiger partial charge in [0.15, 0.2) is 5.82 Å². The predicted molar refractivity (Wildman–Crippen MR) is 77.6 cm³/mol. The number of hydrogen-bond donors (Lipinski definition) is 1. The molecule has 5 nitrogen and oxygen atoms in total. The molecule has 0 radical (unpaired) electrons. The largest absolute Gasteiger partial charge is 0.507 e. The zero-order valence-corrected chi connectivity index (χ0v) is 12.3. The fourth-order valence-electron chi connectivity index (χ4n) is 2.08. The zero-order valence-electron chi connectivity index (χ0n) is 12.3. The molecule has 5 heteroatoms. The van der Waals surface area contributed by atoms with E-state index in [0.29, 0.717) is 17.3 Å². The minimum atomic E-state index is 0.162. The molecule has 0 unspecified atom stereocenters. The molecule has 0 aliphatic heterocycles. The van der Waals surface area contributed by atoms with Crippen LogP contribution in [0.2, 0.25) is 0 Å². The average molecular weight is 275 g/mol. The second-order valence-electron chi connectivity index (χ2n) is 4.81. The number of phenols is 1. The van der Waals surface area contributed by atoms with Gasteiger partial charge in [0.1, 0.15) is 5.75 Å². The fraction of sp³-hybridized carbons (Fsp3) is 0.467. The molecule has 1 N–H and O–H groups in total. The van der Waals surface area contributed by atoms with Crippen LogP contribution in [0.1, 0.15) is 25.2 Å². The van der Waals surface area contributed by atoms with Gasteiger partial charge in [0.05, 0.1) is 5.56 Å². The maximum Gasteiger partial charge on any atom is 0.261 e. The SMILES string of the molecule is CCN(CC)CCc1noc(-c2cc(C)ccc2O)n1. The third-order valence-electron chi connectivity index (χ3n) is 3.40. The number of hydrogen-bond acceptors (Lipinski definition) is 5. The van der Waals surface area contributed by atoms with Gasteiger partial charge in [0.25, 0.3) is 5.89 Å². The van der Waals surface area contributed by atoms with E-state index in [1.165, 1.54) is 0 Å². The van der Waals surface area contributed by atoms with Crippen LogP contribution in [-0.2, 0) is 6.42 Å². The molecule has 0 fully saturated rings. The van der Waals surface area contributed by atoms with E-state index in [2.05, 4.69) is 28.9 Å². The lowest BCUT2D eigenvalue weighted by atomic mass is 10.1. The Morgan fingerprint density at radius 1 is 1.25 bits per heavy atom. The van der Waals surface area contributed by atoms with E-state index in [1.54, 1.807) is 6.07 Å². The smallest absolute Gasteiger partial charge is 0.261 e. The van der Waals surface area contributed by atoms with Crippen LogP contribution in [0, 0.1) is 6.92 Å². The summed E-state index contributed by atoms with van der Waals surface area (Å²) in [6, 6.07) is 5.33. The highest BCUT2D eigenvalue weighted by Crippen LogP contribution is 2.28. The number of aromatic hydroxyl groups is 1. The summed E-state index contributed by atoms with van der Waals surface area (Å²) >= 11 is 0. The van der Waals surface area contributed by atoms with Crippen LogP contribution in [-0.4, -0.2) is 39.8 Å². The summed E-state index contributed by atoms with van der Waals surface area (Å²) in [5.41, 5.74) is 1.63. The third kappa shape index (κ3) is 3.36. The minimum Gasteiger partial charge on any atom is -0.507 e. The Hall–Kier alpha value is -1.88.